The van der Waals surface area contributed by atoms with E-state index < -0.39 is 0 Å². The summed E-state index contributed by atoms with van der Waals surface area (Å²) < 4.78 is 2.08. The minimum Gasteiger partial charge on any atom is -0.329 e. The Balaban J connectivity index is 2.32. The SMILES string of the molecule is CC(C)NCc1nc2ncccc2n1C. The normalized spacial score (nSPS) is 11.5. The van der Waals surface area contributed by atoms with E-state index in [1.165, 1.54) is 0 Å². The summed E-state index contributed by atoms with van der Waals surface area (Å²) in [7, 11) is 2.02. The molecule has 0 fully saturated rings. The van der Waals surface area contributed by atoms with E-state index in [0.717, 1.165) is 23.5 Å². The second-order valence-corrected chi connectivity index (χ2v) is 3.97. The van der Waals surface area contributed by atoms with E-state index in [0.29, 0.717) is 6.04 Å². The van der Waals surface area contributed by atoms with Crippen LogP contribution in [0.4, 0.5) is 0 Å². The fraction of sp³-hybridized carbons (Fsp3) is 0.455. The van der Waals surface area contributed by atoms with Gasteiger partial charge in [0.05, 0.1) is 12.1 Å². The van der Waals surface area contributed by atoms with Crippen LogP contribution in [0, 0.1) is 0 Å². The number of imidazole rings is 1. The molecule has 2 heterocycles. The van der Waals surface area contributed by atoms with Gasteiger partial charge in [-0.25, -0.2) is 9.97 Å². The highest BCUT2D eigenvalue weighted by molar-refractivity contribution is 5.71. The Hall–Kier alpha value is -1.42. The van der Waals surface area contributed by atoms with Crippen molar-refractivity contribution >= 4 is 11.2 Å². The van der Waals surface area contributed by atoms with Gasteiger partial charge in [0.2, 0.25) is 0 Å². The molecule has 0 aliphatic heterocycles. The number of pyridine rings is 1. The van der Waals surface area contributed by atoms with Crippen LogP contribution in [0.1, 0.15) is 19.7 Å². The fourth-order valence-corrected chi connectivity index (χ4v) is 1.53. The van der Waals surface area contributed by atoms with Gasteiger partial charge in [-0.15, -0.1) is 0 Å². The number of hydrogen-bond donors (Lipinski definition) is 1. The zero-order chi connectivity index (χ0) is 10.8. The molecule has 0 amide bonds. The monoisotopic (exact) mass is 204 g/mol. The van der Waals surface area contributed by atoms with Crippen molar-refractivity contribution in [2.45, 2.75) is 26.4 Å². The van der Waals surface area contributed by atoms with Gasteiger partial charge in [0.1, 0.15) is 5.82 Å². The zero-order valence-electron chi connectivity index (χ0n) is 9.36. The van der Waals surface area contributed by atoms with Crippen molar-refractivity contribution in [2.75, 3.05) is 0 Å². The summed E-state index contributed by atoms with van der Waals surface area (Å²) in [6.45, 7) is 5.03. The number of aromatic nitrogens is 3. The number of aryl methyl sites for hydroxylation is 1. The van der Waals surface area contributed by atoms with Gasteiger partial charge in [0.25, 0.3) is 0 Å². The summed E-state index contributed by atoms with van der Waals surface area (Å²) >= 11 is 0. The van der Waals surface area contributed by atoms with E-state index in [1.54, 1.807) is 6.20 Å². The molecule has 0 aliphatic rings. The van der Waals surface area contributed by atoms with Gasteiger partial charge in [-0.1, -0.05) is 13.8 Å². The third-order valence-corrected chi connectivity index (χ3v) is 2.42. The van der Waals surface area contributed by atoms with Crippen molar-refractivity contribution in [1.82, 2.24) is 19.9 Å². The van der Waals surface area contributed by atoms with Gasteiger partial charge in [-0.2, -0.15) is 0 Å². The Morgan fingerprint density at radius 1 is 1.47 bits per heavy atom. The molecule has 0 spiro atoms. The average molecular weight is 204 g/mol. The number of nitrogens with one attached hydrogen (secondary N) is 1. The Labute approximate surface area is 89.3 Å². The molecule has 0 unspecified atom stereocenters. The summed E-state index contributed by atoms with van der Waals surface area (Å²) in [6.07, 6.45) is 1.77. The van der Waals surface area contributed by atoms with Crippen LogP contribution >= 0.6 is 0 Å². The first-order chi connectivity index (χ1) is 7.18. The molecule has 0 saturated heterocycles. The second kappa shape index (κ2) is 3.98. The molecule has 2 aromatic rings. The molecule has 0 atom stereocenters. The highest BCUT2D eigenvalue weighted by Crippen LogP contribution is 2.11. The van der Waals surface area contributed by atoms with Crippen molar-refractivity contribution in [2.24, 2.45) is 7.05 Å². The van der Waals surface area contributed by atoms with Gasteiger partial charge < -0.3 is 9.88 Å². The molecule has 4 nitrogen and oxygen atoms in total. The molecule has 0 radical (unpaired) electrons. The number of hydrogen-bond acceptors (Lipinski definition) is 3. The molecular weight excluding hydrogens is 188 g/mol. The maximum atomic E-state index is 4.47. The smallest absolute Gasteiger partial charge is 0.177 e. The van der Waals surface area contributed by atoms with Crippen LogP contribution < -0.4 is 5.32 Å². The first kappa shape index (κ1) is 10.1. The van der Waals surface area contributed by atoms with Crippen LogP contribution in [0.15, 0.2) is 18.3 Å². The summed E-state index contributed by atoms with van der Waals surface area (Å²) in [5.74, 6) is 1.03. The van der Waals surface area contributed by atoms with E-state index in [1.807, 2.05) is 19.2 Å². The largest absolute Gasteiger partial charge is 0.329 e. The van der Waals surface area contributed by atoms with E-state index in [-0.39, 0.29) is 0 Å². The maximum absolute atomic E-state index is 4.47. The van der Waals surface area contributed by atoms with Gasteiger partial charge in [-0.3, -0.25) is 0 Å². The van der Waals surface area contributed by atoms with E-state index >= 15 is 0 Å². The van der Waals surface area contributed by atoms with E-state index in [9.17, 15) is 0 Å². The van der Waals surface area contributed by atoms with Crippen LogP contribution in [-0.4, -0.2) is 20.6 Å². The van der Waals surface area contributed by atoms with Crippen molar-refractivity contribution < 1.29 is 0 Å². The zero-order valence-corrected chi connectivity index (χ0v) is 9.36. The van der Waals surface area contributed by atoms with Crippen LogP contribution in [-0.2, 0) is 13.6 Å². The van der Waals surface area contributed by atoms with Crippen LogP contribution in [0.25, 0.3) is 11.2 Å². The molecule has 15 heavy (non-hydrogen) atoms. The first-order valence-corrected chi connectivity index (χ1v) is 5.18. The summed E-state index contributed by atoms with van der Waals surface area (Å²) in [4.78, 5) is 8.70. The lowest BCUT2D eigenvalue weighted by atomic mass is 10.4. The second-order valence-electron chi connectivity index (χ2n) is 3.97. The standard InChI is InChI=1S/C11H16N4/c1-8(2)13-7-10-14-11-9(15(10)3)5-4-6-12-11/h4-6,8,13H,7H2,1-3H3. The lowest BCUT2D eigenvalue weighted by molar-refractivity contribution is 0.563. The Morgan fingerprint density at radius 3 is 2.93 bits per heavy atom. The summed E-state index contributed by atoms with van der Waals surface area (Å²) in [5, 5.41) is 3.35. The first-order valence-electron chi connectivity index (χ1n) is 5.18. The minimum absolute atomic E-state index is 0.470. The minimum atomic E-state index is 0.470. The molecule has 0 saturated carbocycles. The fourth-order valence-electron chi connectivity index (χ4n) is 1.53. The van der Waals surface area contributed by atoms with Crippen molar-refractivity contribution in [3.8, 4) is 0 Å². The van der Waals surface area contributed by atoms with Gasteiger partial charge in [-0.05, 0) is 12.1 Å². The molecule has 0 bridgehead atoms. The number of fused-ring (bicyclic) bond motifs is 1. The molecule has 0 aliphatic carbocycles. The molecule has 2 rings (SSSR count). The van der Waals surface area contributed by atoms with E-state index in [4.69, 9.17) is 0 Å². The van der Waals surface area contributed by atoms with Crippen molar-refractivity contribution in [3.63, 3.8) is 0 Å². The molecule has 4 heteroatoms. The molecule has 80 valence electrons. The molecular formula is C11H16N4. The third kappa shape index (κ3) is 1.99. The quantitative estimate of drug-likeness (QED) is 0.823. The maximum Gasteiger partial charge on any atom is 0.177 e. The van der Waals surface area contributed by atoms with Crippen LogP contribution in [0.5, 0.6) is 0 Å². The molecule has 0 aromatic carbocycles. The average Bonchev–Trinajstić information content (AvgIpc) is 2.54. The van der Waals surface area contributed by atoms with Gasteiger partial charge in [0, 0.05) is 19.3 Å². The topological polar surface area (TPSA) is 42.7 Å². The highest BCUT2D eigenvalue weighted by Gasteiger charge is 2.07. The Kier molecular flexibility index (Phi) is 2.68. The lowest BCUT2D eigenvalue weighted by Gasteiger charge is -2.07. The predicted molar refractivity (Wildman–Crippen MR) is 60.5 cm³/mol. The Bertz CT molecular complexity index is 459. The third-order valence-electron chi connectivity index (χ3n) is 2.42. The van der Waals surface area contributed by atoms with Crippen molar-refractivity contribution in [3.05, 3.63) is 24.2 Å². The van der Waals surface area contributed by atoms with Crippen LogP contribution in [0.2, 0.25) is 0 Å². The number of nitrogens with zero attached hydrogens (tertiary/aromatic N) is 3. The Morgan fingerprint density at radius 2 is 2.27 bits per heavy atom. The van der Waals surface area contributed by atoms with Crippen LogP contribution in [0.3, 0.4) is 0 Å². The highest BCUT2D eigenvalue weighted by atomic mass is 15.1. The van der Waals surface area contributed by atoms with Gasteiger partial charge >= 0.3 is 0 Å². The predicted octanol–water partition coefficient (Wildman–Crippen LogP) is 1.47. The van der Waals surface area contributed by atoms with Gasteiger partial charge in [0.15, 0.2) is 5.65 Å². The molecule has 2 aromatic heterocycles. The lowest BCUT2D eigenvalue weighted by Crippen LogP contribution is -2.23. The molecule has 1 N–H and O–H groups in total. The van der Waals surface area contributed by atoms with Crippen molar-refractivity contribution in [1.29, 1.82) is 0 Å². The summed E-state index contributed by atoms with van der Waals surface area (Å²) in [5.41, 5.74) is 1.90. The number of rotatable bonds is 3. The van der Waals surface area contributed by atoms with E-state index in [2.05, 4.69) is 33.7 Å². The summed E-state index contributed by atoms with van der Waals surface area (Å²) in [6, 6.07) is 4.44.